The molecule has 2 aromatic heterocycles. The molecule has 2 aliphatic carbocycles. The van der Waals surface area contributed by atoms with Gasteiger partial charge in [0.25, 0.3) is 5.91 Å². The van der Waals surface area contributed by atoms with Crippen molar-refractivity contribution in [2.24, 2.45) is 5.92 Å². The third-order valence-electron chi connectivity index (χ3n) is 5.55. The van der Waals surface area contributed by atoms with E-state index in [1.165, 1.54) is 29.1 Å². The molecule has 150 valence electrons. The molecule has 1 saturated carbocycles. The lowest BCUT2D eigenvalue weighted by atomic mass is 9.95. The summed E-state index contributed by atoms with van der Waals surface area (Å²) in [5.41, 5.74) is 1.82. The third-order valence-corrected chi connectivity index (χ3v) is 8.23. The Labute approximate surface area is 181 Å². The van der Waals surface area contributed by atoms with E-state index in [0.717, 1.165) is 57.9 Å². The van der Waals surface area contributed by atoms with Gasteiger partial charge in [-0.2, -0.15) is 0 Å². The molecule has 2 N–H and O–H groups in total. The zero-order valence-electron chi connectivity index (χ0n) is 15.7. The maximum atomic E-state index is 13.0. The number of nitrogens with one attached hydrogen (secondary N) is 2. The molecule has 0 bridgehead atoms. The van der Waals surface area contributed by atoms with E-state index >= 15 is 0 Å². The van der Waals surface area contributed by atoms with E-state index in [1.807, 2.05) is 0 Å². The first-order valence-electron chi connectivity index (χ1n) is 9.93. The summed E-state index contributed by atoms with van der Waals surface area (Å²) in [5.74, 6) is 0.447. The van der Waals surface area contributed by atoms with Gasteiger partial charge < -0.3 is 10.6 Å². The highest BCUT2D eigenvalue weighted by Gasteiger charge is 2.27. The Bertz CT molecular complexity index is 871. The summed E-state index contributed by atoms with van der Waals surface area (Å²) in [5, 5.41) is 6.83. The van der Waals surface area contributed by atoms with Crippen LogP contribution in [-0.4, -0.2) is 16.8 Å². The van der Waals surface area contributed by atoms with Gasteiger partial charge >= 0.3 is 0 Å². The van der Waals surface area contributed by atoms with Crippen LogP contribution in [0, 0.1) is 5.92 Å². The van der Waals surface area contributed by atoms with Crippen molar-refractivity contribution in [3.05, 3.63) is 31.0 Å². The SMILES string of the molecule is O=C(CC1CCCC1)Nc1sc2c(c1C(=O)NCc1cnc(Br)s1)CCCC2. The lowest BCUT2D eigenvalue weighted by molar-refractivity contribution is -0.117. The van der Waals surface area contributed by atoms with Crippen LogP contribution in [0.1, 0.15) is 70.6 Å². The summed E-state index contributed by atoms with van der Waals surface area (Å²) in [6.07, 6.45) is 11.2. The number of aryl methyl sites for hydroxylation is 1. The number of hydrogen-bond donors (Lipinski definition) is 2. The van der Waals surface area contributed by atoms with Crippen LogP contribution in [0.2, 0.25) is 0 Å². The molecule has 5 nitrogen and oxygen atoms in total. The first kappa shape index (κ1) is 20.0. The largest absolute Gasteiger partial charge is 0.347 e. The Kier molecular flexibility index (Phi) is 6.48. The number of hydrogen-bond acceptors (Lipinski definition) is 5. The second-order valence-corrected chi connectivity index (χ2v) is 11.1. The molecule has 8 heteroatoms. The zero-order valence-corrected chi connectivity index (χ0v) is 18.9. The molecule has 1 fully saturated rings. The smallest absolute Gasteiger partial charge is 0.254 e. The molecule has 2 aromatic rings. The number of nitrogens with zero attached hydrogens (tertiary/aromatic N) is 1. The summed E-state index contributed by atoms with van der Waals surface area (Å²) >= 11 is 6.45. The molecule has 0 radical (unpaired) electrons. The Morgan fingerprint density at radius 2 is 1.93 bits per heavy atom. The van der Waals surface area contributed by atoms with Crippen LogP contribution < -0.4 is 10.6 Å². The third kappa shape index (κ3) is 4.66. The van der Waals surface area contributed by atoms with Gasteiger partial charge in [0.2, 0.25) is 5.91 Å². The predicted octanol–water partition coefficient (Wildman–Crippen LogP) is 5.29. The van der Waals surface area contributed by atoms with E-state index in [-0.39, 0.29) is 11.8 Å². The number of aromatic nitrogens is 1. The maximum Gasteiger partial charge on any atom is 0.254 e. The zero-order chi connectivity index (χ0) is 19.5. The highest BCUT2D eigenvalue weighted by molar-refractivity contribution is 9.11. The Hall–Kier alpha value is -1.25. The molecule has 2 heterocycles. The average Bonchev–Trinajstić information content (AvgIpc) is 3.39. The number of thiazole rings is 1. The van der Waals surface area contributed by atoms with Crippen LogP contribution in [0.25, 0.3) is 0 Å². The summed E-state index contributed by atoms with van der Waals surface area (Å²) < 4.78 is 0.810. The van der Waals surface area contributed by atoms with Gasteiger partial charge in [-0.3, -0.25) is 9.59 Å². The number of fused-ring (bicyclic) bond motifs is 1. The van der Waals surface area contributed by atoms with E-state index < -0.39 is 0 Å². The number of carbonyl (C=O) groups is 2. The van der Waals surface area contributed by atoms with Crippen LogP contribution in [0.15, 0.2) is 10.1 Å². The van der Waals surface area contributed by atoms with Gasteiger partial charge in [-0.1, -0.05) is 12.8 Å². The molecular weight excluding hydrogens is 458 g/mol. The minimum Gasteiger partial charge on any atom is -0.347 e. The van der Waals surface area contributed by atoms with E-state index in [1.54, 1.807) is 17.5 Å². The second kappa shape index (κ2) is 9.05. The van der Waals surface area contributed by atoms with Gasteiger partial charge in [-0.25, -0.2) is 4.98 Å². The van der Waals surface area contributed by atoms with Gasteiger partial charge in [0, 0.05) is 22.4 Å². The Morgan fingerprint density at radius 1 is 1.14 bits per heavy atom. The second-order valence-electron chi connectivity index (χ2n) is 7.58. The number of anilines is 1. The molecule has 2 amide bonds. The standard InChI is InChI=1S/C20H24BrN3O2S2/c21-20-23-11-13(27-20)10-22-18(26)17-14-7-3-4-8-15(14)28-19(17)24-16(25)9-12-5-1-2-6-12/h11-12H,1-10H2,(H,22,26)(H,24,25). The fourth-order valence-electron chi connectivity index (χ4n) is 4.17. The van der Waals surface area contributed by atoms with E-state index in [4.69, 9.17) is 0 Å². The van der Waals surface area contributed by atoms with Gasteiger partial charge in [-0.15, -0.1) is 22.7 Å². The Balaban J connectivity index is 1.49. The van der Waals surface area contributed by atoms with Gasteiger partial charge in [0.1, 0.15) is 5.00 Å². The molecule has 2 aliphatic rings. The van der Waals surface area contributed by atoms with Crippen molar-refractivity contribution in [2.75, 3.05) is 5.32 Å². The molecule has 0 aromatic carbocycles. The molecule has 0 atom stereocenters. The molecule has 0 spiro atoms. The van der Waals surface area contributed by atoms with E-state index in [2.05, 4.69) is 31.5 Å². The van der Waals surface area contributed by atoms with Crippen LogP contribution in [-0.2, 0) is 24.2 Å². The average molecular weight is 482 g/mol. The first-order chi connectivity index (χ1) is 13.6. The quantitative estimate of drug-likeness (QED) is 0.588. The molecule has 28 heavy (non-hydrogen) atoms. The molecular formula is C20H24BrN3O2S2. The van der Waals surface area contributed by atoms with Gasteiger partial charge in [0.05, 0.1) is 12.1 Å². The van der Waals surface area contributed by atoms with E-state index in [9.17, 15) is 9.59 Å². The molecule has 4 rings (SSSR count). The maximum absolute atomic E-state index is 13.0. The minimum absolute atomic E-state index is 0.0472. The highest BCUT2D eigenvalue weighted by atomic mass is 79.9. The molecule has 0 unspecified atom stereocenters. The number of rotatable bonds is 6. The van der Waals surface area contributed by atoms with Crippen molar-refractivity contribution in [1.29, 1.82) is 0 Å². The van der Waals surface area contributed by atoms with Gasteiger partial charge in [0.15, 0.2) is 3.92 Å². The summed E-state index contributed by atoms with van der Waals surface area (Å²) in [6.45, 7) is 0.447. The van der Waals surface area contributed by atoms with Gasteiger partial charge in [-0.05, 0) is 65.9 Å². The van der Waals surface area contributed by atoms with Crippen molar-refractivity contribution in [3.8, 4) is 0 Å². The number of amides is 2. The number of thiophene rings is 1. The normalized spacial score (nSPS) is 16.8. The van der Waals surface area contributed by atoms with Crippen LogP contribution >= 0.6 is 38.6 Å². The topological polar surface area (TPSA) is 71.1 Å². The number of halogens is 1. The first-order valence-corrected chi connectivity index (χ1v) is 12.4. The van der Waals surface area contributed by atoms with Crippen molar-refractivity contribution in [1.82, 2.24) is 10.3 Å². The lowest BCUT2D eigenvalue weighted by Crippen LogP contribution is -2.25. The van der Waals surface area contributed by atoms with Crippen molar-refractivity contribution >= 4 is 55.4 Å². The van der Waals surface area contributed by atoms with Crippen molar-refractivity contribution in [3.63, 3.8) is 0 Å². The van der Waals surface area contributed by atoms with Crippen LogP contribution in [0.4, 0.5) is 5.00 Å². The predicted molar refractivity (Wildman–Crippen MR) is 117 cm³/mol. The molecule has 0 aliphatic heterocycles. The summed E-state index contributed by atoms with van der Waals surface area (Å²) in [6, 6.07) is 0. The summed E-state index contributed by atoms with van der Waals surface area (Å²) in [7, 11) is 0. The highest BCUT2D eigenvalue weighted by Crippen LogP contribution is 2.38. The van der Waals surface area contributed by atoms with Crippen molar-refractivity contribution < 1.29 is 9.59 Å². The number of carbonyl (C=O) groups excluding carboxylic acids is 2. The lowest BCUT2D eigenvalue weighted by Gasteiger charge is -2.13. The monoisotopic (exact) mass is 481 g/mol. The molecule has 0 saturated heterocycles. The van der Waals surface area contributed by atoms with Crippen molar-refractivity contribution in [2.45, 2.75) is 64.3 Å². The van der Waals surface area contributed by atoms with Crippen LogP contribution in [0.3, 0.4) is 0 Å². The Morgan fingerprint density at radius 3 is 2.68 bits per heavy atom. The summed E-state index contributed by atoms with van der Waals surface area (Å²) in [4.78, 5) is 32.0. The fraction of sp³-hybridized carbons (Fsp3) is 0.550. The minimum atomic E-state index is -0.0971. The fourth-order valence-corrected chi connectivity index (χ4v) is 6.77. The van der Waals surface area contributed by atoms with E-state index in [0.29, 0.717) is 24.4 Å². The van der Waals surface area contributed by atoms with Crippen LogP contribution in [0.5, 0.6) is 0 Å².